The largest absolute Gasteiger partial charge is 0.433 e. The molecule has 27 heavy (non-hydrogen) atoms. The summed E-state index contributed by atoms with van der Waals surface area (Å²) >= 11 is 0. The fraction of sp³-hybridized carbons (Fsp3) is 0.444. The van der Waals surface area contributed by atoms with Crippen molar-refractivity contribution in [3.63, 3.8) is 0 Å². The second-order valence-electron chi connectivity index (χ2n) is 6.71. The van der Waals surface area contributed by atoms with Crippen LogP contribution in [0.15, 0.2) is 24.3 Å². The van der Waals surface area contributed by atoms with Crippen LogP contribution in [-0.2, 0) is 13.0 Å². The van der Waals surface area contributed by atoms with Crippen LogP contribution in [0.3, 0.4) is 0 Å². The van der Waals surface area contributed by atoms with Gasteiger partial charge in [0.2, 0.25) is 0 Å². The molecule has 0 aliphatic carbocycles. The number of anilines is 1. The van der Waals surface area contributed by atoms with Crippen molar-refractivity contribution in [2.45, 2.75) is 32.0 Å². The van der Waals surface area contributed by atoms with Gasteiger partial charge in [-0.05, 0) is 18.6 Å². The molecule has 4 rings (SSSR count). The highest BCUT2D eigenvalue weighted by Gasteiger charge is 2.29. The highest BCUT2D eigenvalue weighted by Crippen LogP contribution is 2.31. The van der Waals surface area contributed by atoms with Crippen LogP contribution in [0.5, 0.6) is 5.75 Å². The fourth-order valence-electron chi connectivity index (χ4n) is 3.68. The van der Waals surface area contributed by atoms with Gasteiger partial charge >= 0.3 is 6.61 Å². The molecule has 1 saturated heterocycles. The van der Waals surface area contributed by atoms with Crippen LogP contribution in [0, 0.1) is 0 Å². The van der Waals surface area contributed by atoms with E-state index >= 15 is 0 Å². The van der Waals surface area contributed by atoms with Crippen LogP contribution in [0.2, 0.25) is 0 Å². The minimum atomic E-state index is -2.87. The second-order valence-corrected chi connectivity index (χ2v) is 6.71. The molecule has 144 valence electrons. The summed E-state index contributed by atoms with van der Waals surface area (Å²) in [6.45, 7) is -0.198. The number of carbonyl (C=O) groups excluding carboxylic acids is 1. The molecule has 0 spiro atoms. The molecule has 1 unspecified atom stereocenters. The average Bonchev–Trinajstić information content (AvgIpc) is 3.28. The Morgan fingerprint density at radius 2 is 2.22 bits per heavy atom. The SMILES string of the molecule is O=C(NC1CCN(c2ccccc2OC(F)F)C1)c1n[nH]c2c1CNCC2. The molecule has 1 aromatic heterocycles. The number of rotatable bonds is 5. The normalized spacial score (nSPS) is 19.2. The Kier molecular flexibility index (Phi) is 4.93. The van der Waals surface area contributed by atoms with Crippen molar-refractivity contribution in [2.75, 3.05) is 24.5 Å². The number of nitrogens with one attached hydrogen (secondary N) is 3. The minimum Gasteiger partial charge on any atom is -0.433 e. The molecule has 0 bridgehead atoms. The van der Waals surface area contributed by atoms with E-state index < -0.39 is 6.61 Å². The van der Waals surface area contributed by atoms with Crippen LogP contribution < -0.4 is 20.3 Å². The molecule has 3 N–H and O–H groups in total. The number of alkyl halides is 2. The molecule has 1 atom stereocenters. The maximum Gasteiger partial charge on any atom is 0.387 e. The van der Waals surface area contributed by atoms with E-state index in [1.165, 1.54) is 6.07 Å². The number of benzene rings is 1. The Hall–Kier alpha value is -2.68. The number of fused-ring (bicyclic) bond motifs is 1. The lowest BCUT2D eigenvalue weighted by molar-refractivity contribution is -0.0495. The van der Waals surface area contributed by atoms with Gasteiger partial charge in [0.05, 0.1) is 5.69 Å². The first kappa shape index (κ1) is 17.7. The second kappa shape index (κ2) is 7.51. The summed E-state index contributed by atoms with van der Waals surface area (Å²) in [4.78, 5) is 14.6. The lowest BCUT2D eigenvalue weighted by atomic mass is 10.1. The number of para-hydroxylation sites is 2. The van der Waals surface area contributed by atoms with Crippen molar-refractivity contribution in [3.05, 3.63) is 41.2 Å². The van der Waals surface area contributed by atoms with Crippen molar-refractivity contribution in [3.8, 4) is 5.75 Å². The van der Waals surface area contributed by atoms with Crippen LogP contribution >= 0.6 is 0 Å². The molecule has 2 aromatic rings. The lowest BCUT2D eigenvalue weighted by Gasteiger charge is -2.22. The molecule has 9 heteroatoms. The van der Waals surface area contributed by atoms with Crippen molar-refractivity contribution >= 4 is 11.6 Å². The Bertz CT molecular complexity index is 826. The number of aromatic nitrogens is 2. The number of hydrogen-bond acceptors (Lipinski definition) is 5. The highest BCUT2D eigenvalue weighted by atomic mass is 19.3. The van der Waals surface area contributed by atoms with E-state index in [-0.39, 0.29) is 17.7 Å². The van der Waals surface area contributed by atoms with Crippen LogP contribution in [0.4, 0.5) is 14.5 Å². The summed E-state index contributed by atoms with van der Waals surface area (Å²) < 4.78 is 29.8. The first-order chi connectivity index (χ1) is 13.1. The smallest absolute Gasteiger partial charge is 0.387 e. The zero-order valence-corrected chi connectivity index (χ0v) is 14.7. The molecule has 3 heterocycles. The van der Waals surface area contributed by atoms with Gasteiger partial charge in [0.25, 0.3) is 5.91 Å². The van der Waals surface area contributed by atoms with Gasteiger partial charge in [-0.3, -0.25) is 9.89 Å². The van der Waals surface area contributed by atoms with Crippen molar-refractivity contribution in [1.82, 2.24) is 20.8 Å². The number of H-pyrrole nitrogens is 1. The number of nitrogens with zero attached hydrogens (tertiary/aromatic N) is 2. The third-order valence-corrected chi connectivity index (χ3v) is 4.97. The number of aromatic amines is 1. The Labute approximate surface area is 155 Å². The van der Waals surface area contributed by atoms with E-state index in [1.54, 1.807) is 18.2 Å². The molecule has 0 radical (unpaired) electrons. The highest BCUT2D eigenvalue weighted by molar-refractivity contribution is 5.94. The summed E-state index contributed by atoms with van der Waals surface area (Å²) in [6.07, 6.45) is 1.55. The van der Waals surface area contributed by atoms with E-state index in [9.17, 15) is 13.6 Å². The molecule has 1 amide bonds. The van der Waals surface area contributed by atoms with Crippen LogP contribution in [0.1, 0.15) is 28.2 Å². The van der Waals surface area contributed by atoms with Gasteiger partial charge in [-0.25, -0.2) is 0 Å². The summed E-state index contributed by atoms with van der Waals surface area (Å²) in [5, 5.41) is 13.4. The first-order valence-corrected chi connectivity index (χ1v) is 8.98. The van der Waals surface area contributed by atoms with Crippen molar-refractivity contribution < 1.29 is 18.3 Å². The van der Waals surface area contributed by atoms with E-state index in [2.05, 4.69) is 25.6 Å². The Morgan fingerprint density at radius 1 is 1.37 bits per heavy atom. The molecule has 7 nitrogen and oxygen atoms in total. The van der Waals surface area contributed by atoms with Crippen LogP contribution in [-0.4, -0.2) is 48.4 Å². The maximum absolute atomic E-state index is 12.6. The zero-order valence-electron chi connectivity index (χ0n) is 14.7. The molecular weight excluding hydrogens is 356 g/mol. The minimum absolute atomic E-state index is 0.0824. The summed E-state index contributed by atoms with van der Waals surface area (Å²) in [5.74, 6) is -0.0629. The standard InChI is InChI=1S/C18H21F2N5O2/c19-18(20)27-15-4-2-1-3-14(15)25-8-6-11(10-25)22-17(26)16-12-9-21-7-5-13(12)23-24-16/h1-4,11,18,21H,5-10H2,(H,22,26)(H,23,24). The van der Waals surface area contributed by atoms with Crippen LogP contribution in [0.25, 0.3) is 0 Å². The van der Waals surface area contributed by atoms with Gasteiger partial charge in [0, 0.05) is 49.9 Å². The van der Waals surface area contributed by atoms with Gasteiger partial charge in [-0.1, -0.05) is 12.1 Å². The zero-order chi connectivity index (χ0) is 18.8. The molecule has 1 fully saturated rings. The van der Waals surface area contributed by atoms with E-state index in [0.717, 1.165) is 30.6 Å². The summed E-state index contributed by atoms with van der Waals surface area (Å²) in [5.41, 5.74) is 2.96. The van der Waals surface area contributed by atoms with E-state index in [4.69, 9.17) is 0 Å². The molecular formula is C18H21F2N5O2. The maximum atomic E-state index is 12.6. The average molecular weight is 377 g/mol. The summed E-state index contributed by atoms with van der Waals surface area (Å²) in [7, 11) is 0. The summed E-state index contributed by atoms with van der Waals surface area (Å²) in [6, 6.07) is 6.63. The Morgan fingerprint density at radius 3 is 3.07 bits per heavy atom. The van der Waals surface area contributed by atoms with Crippen molar-refractivity contribution in [1.29, 1.82) is 0 Å². The van der Waals surface area contributed by atoms with Gasteiger partial charge in [-0.2, -0.15) is 13.9 Å². The third-order valence-electron chi connectivity index (χ3n) is 4.97. The van der Waals surface area contributed by atoms with Gasteiger partial charge < -0.3 is 20.3 Å². The number of carbonyl (C=O) groups is 1. The third kappa shape index (κ3) is 3.73. The number of amides is 1. The Balaban J connectivity index is 1.42. The number of hydrogen-bond donors (Lipinski definition) is 3. The molecule has 2 aliphatic heterocycles. The van der Waals surface area contributed by atoms with Gasteiger partial charge in [-0.15, -0.1) is 0 Å². The monoisotopic (exact) mass is 377 g/mol. The molecule has 1 aromatic carbocycles. The first-order valence-electron chi connectivity index (χ1n) is 8.98. The topological polar surface area (TPSA) is 82.3 Å². The van der Waals surface area contributed by atoms with Gasteiger partial charge in [0.1, 0.15) is 5.75 Å². The molecule has 2 aliphatic rings. The van der Waals surface area contributed by atoms with Crippen molar-refractivity contribution in [2.24, 2.45) is 0 Å². The number of ether oxygens (including phenoxy) is 1. The quantitative estimate of drug-likeness (QED) is 0.738. The van der Waals surface area contributed by atoms with E-state index in [1.807, 2.05) is 4.90 Å². The number of halogens is 2. The van der Waals surface area contributed by atoms with Gasteiger partial charge in [0.15, 0.2) is 5.69 Å². The fourth-order valence-corrected chi connectivity index (χ4v) is 3.68. The predicted molar refractivity (Wildman–Crippen MR) is 95.2 cm³/mol. The predicted octanol–water partition coefficient (Wildman–Crippen LogP) is 1.67. The lowest BCUT2D eigenvalue weighted by Crippen LogP contribution is -2.38. The molecule has 0 saturated carbocycles. The van der Waals surface area contributed by atoms with E-state index in [0.29, 0.717) is 31.0 Å².